The normalized spacial score (nSPS) is 22.6. The highest BCUT2D eigenvalue weighted by molar-refractivity contribution is 9.11. The lowest BCUT2D eigenvalue weighted by Crippen LogP contribution is -2.50. The van der Waals surface area contributed by atoms with Crippen LogP contribution in [0.5, 0.6) is 0 Å². The quantitative estimate of drug-likeness (QED) is 0.793. The maximum Gasteiger partial charge on any atom is 0.254 e. The molecule has 2 aliphatic heterocycles. The monoisotopic (exact) mass is 331 g/mol. The first-order chi connectivity index (χ1) is 8.69. The van der Waals surface area contributed by atoms with Crippen LogP contribution in [0.1, 0.15) is 23.2 Å². The molecule has 1 aromatic heterocycles. The number of ether oxygens (including phenoxy) is 2. The van der Waals surface area contributed by atoms with E-state index < -0.39 is 5.79 Å². The SMILES string of the molecule is O=C(c1csc(Br)c1)N1CCCC2(C1)OCCO2. The topological polar surface area (TPSA) is 38.8 Å². The third-order valence-corrected chi connectivity index (χ3v) is 4.84. The van der Waals surface area contributed by atoms with Crippen LogP contribution in [0.3, 0.4) is 0 Å². The van der Waals surface area contributed by atoms with Gasteiger partial charge in [0.15, 0.2) is 5.79 Å². The van der Waals surface area contributed by atoms with E-state index in [0.717, 1.165) is 28.7 Å². The summed E-state index contributed by atoms with van der Waals surface area (Å²) in [6, 6.07) is 1.87. The number of thiophene rings is 1. The summed E-state index contributed by atoms with van der Waals surface area (Å²) >= 11 is 4.91. The second-order valence-corrected chi connectivity index (χ2v) is 6.87. The Morgan fingerprint density at radius 3 is 2.89 bits per heavy atom. The minimum absolute atomic E-state index is 0.0649. The first kappa shape index (κ1) is 12.6. The van der Waals surface area contributed by atoms with Gasteiger partial charge in [0.2, 0.25) is 0 Å². The van der Waals surface area contributed by atoms with Crippen LogP contribution >= 0.6 is 27.3 Å². The fourth-order valence-electron chi connectivity index (χ4n) is 2.50. The number of carbonyl (C=O) groups excluding carboxylic acids is 1. The Morgan fingerprint density at radius 2 is 2.22 bits per heavy atom. The van der Waals surface area contributed by atoms with Gasteiger partial charge < -0.3 is 14.4 Å². The molecule has 2 saturated heterocycles. The number of hydrogen-bond acceptors (Lipinski definition) is 4. The Morgan fingerprint density at radius 1 is 1.44 bits per heavy atom. The third kappa shape index (κ3) is 2.34. The molecule has 1 amide bonds. The zero-order chi connectivity index (χ0) is 12.6. The van der Waals surface area contributed by atoms with Crippen LogP contribution in [-0.2, 0) is 9.47 Å². The average molecular weight is 332 g/mol. The fourth-order valence-corrected chi connectivity index (χ4v) is 3.63. The molecule has 0 N–H and O–H groups in total. The molecule has 2 fully saturated rings. The van der Waals surface area contributed by atoms with E-state index in [9.17, 15) is 4.79 Å². The smallest absolute Gasteiger partial charge is 0.254 e. The van der Waals surface area contributed by atoms with Gasteiger partial charge in [-0.25, -0.2) is 0 Å². The molecule has 0 aliphatic carbocycles. The van der Waals surface area contributed by atoms with Gasteiger partial charge >= 0.3 is 0 Å². The number of nitrogens with zero attached hydrogens (tertiary/aromatic N) is 1. The Balaban J connectivity index is 1.74. The van der Waals surface area contributed by atoms with Gasteiger partial charge in [-0.3, -0.25) is 4.79 Å². The molecule has 4 nitrogen and oxygen atoms in total. The van der Waals surface area contributed by atoms with Crippen molar-refractivity contribution in [2.45, 2.75) is 18.6 Å². The van der Waals surface area contributed by atoms with Crippen molar-refractivity contribution in [1.82, 2.24) is 4.90 Å². The van der Waals surface area contributed by atoms with E-state index in [4.69, 9.17) is 9.47 Å². The molecule has 0 aromatic carbocycles. The van der Waals surface area contributed by atoms with E-state index in [1.807, 2.05) is 16.3 Å². The fraction of sp³-hybridized carbons (Fsp3) is 0.583. The number of carbonyl (C=O) groups is 1. The van der Waals surface area contributed by atoms with Crippen molar-refractivity contribution in [3.8, 4) is 0 Å². The van der Waals surface area contributed by atoms with Gasteiger partial charge in [-0.15, -0.1) is 11.3 Å². The summed E-state index contributed by atoms with van der Waals surface area (Å²) in [6.07, 6.45) is 1.81. The lowest BCUT2D eigenvalue weighted by molar-refractivity contribution is -0.183. The number of amides is 1. The molecule has 0 unspecified atom stereocenters. The van der Waals surface area contributed by atoms with Gasteiger partial charge in [0.05, 0.1) is 29.1 Å². The van der Waals surface area contributed by atoms with Crippen LogP contribution < -0.4 is 0 Å². The van der Waals surface area contributed by atoms with Gasteiger partial charge in [0.25, 0.3) is 5.91 Å². The second-order valence-electron chi connectivity index (χ2n) is 4.58. The summed E-state index contributed by atoms with van der Waals surface area (Å²) < 4.78 is 12.3. The van der Waals surface area contributed by atoms with Gasteiger partial charge in [-0.2, -0.15) is 0 Å². The van der Waals surface area contributed by atoms with E-state index in [1.54, 1.807) is 0 Å². The molecule has 6 heteroatoms. The van der Waals surface area contributed by atoms with Gasteiger partial charge in [0.1, 0.15) is 0 Å². The Bertz CT molecular complexity index is 456. The molecule has 98 valence electrons. The second kappa shape index (κ2) is 4.92. The van der Waals surface area contributed by atoms with Gasteiger partial charge in [-0.05, 0) is 28.4 Å². The molecular weight excluding hydrogens is 318 g/mol. The van der Waals surface area contributed by atoms with Crippen LogP contribution in [0.4, 0.5) is 0 Å². The molecule has 3 heterocycles. The number of hydrogen-bond donors (Lipinski definition) is 0. The average Bonchev–Trinajstić information content (AvgIpc) is 2.98. The number of halogens is 1. The zero-order valence-corrected chi connectivity index (χ0v) is 12.3. The van der Waals surface area contributed by atoms with Crippen LogP contribution in [0, 0.1) is 0 Å². The Labute approximate surface area is 118 Å². The first-order valence-corrected chi connectivity index (χ1v) is 7.67. The number of likely N-dealkylation sites (tertiary alicyclic amines) is 1. The molecule has 3 rings (SSSR count). The highest BCUT2D eigenvalue weighted by atomic mass is 79.9. The van der Waals surface area contributed by atoms with Crippen molar-refractivity contribution < 1.29 is 14.3 Å². The molecule has 0 saturated carbocycles. The lowest BCUT2D eigenvalue weighted by Gasteiger charge is -2.38. The van der Waals surface area contributed by atoms with Crippen LogP contribution in [0.15, 0.2) is 15.2 Å². The maximum atomic E-state index is 12.4. The highest BCUT2D eigenvalue weighted by Crippen LogP contribution is 2.31. The van der Waals surface area contributed by atoms with Crippen LogP contribution in [0.25, 0.3) is 0 Å². The van der Waals surface area contributed by atoms with E-state index in [0.29, 0.717) is 19.8 Å². The maximum absolute atomic E-state index is 12.4. The van der Waals surface area contributed by atoms with Crippen LogP contribution in [-0.4, -0.2) is 42.9 Å². The number of piperidine rings is 1. The van der Waals surface area contributed by atoms with E-state index in [-0.39, 0.29) is 5.91 Å². The highest BCUT2D eigenvalue weighted by Gasteiger charge is 2.42. The van der Waals surface area contributed by atoms with Crippen molar-refractivity contribution in [2.75, 3.05) is 26.3 Å². The van der Waals surface area contributed by atoms with Gasteiger partial charge in [0, 0.05) is 18.3 Å². The van der Waals surface area contributed by atoms with Crippen molar-refractivity contribution in [2.24, 2.45) is 0 Å². The third-order valence-electron chi connectivity index (χ3n) is 3.33. The summed E-state index contributed by atoms with van der Waals surface area (Å²) in [6.45, 7) is 2.58. The van der Waals surface area contributed by atoms with Crippen molar-refractivity contribution in [3.05, 3.63) is 20.8 Å². The minimum Gasteiger partial charge on any atom is -0.346 e. The standard InChI is InChI=1S/C12H14BrNO3S/c13-10-6-9(7-18-10)11(15)14-3-1-2-12(8-14)16-4-5-17-12/h6-7H,1-5,8H2. The molecule has 18 heavy (non-hydrogen) atoms. The summed E-state index contributed by atoms with van der Waals surface area (Å²) in [5.41, 5.74) is 0.738. The predicted molar refractivity (Wildman–Crippen MR) is 71.8 cm³/mol. The number of rotatable bonds is 1. The van der Waals surface area contributed by atoms with E-state index in [1.165, 1.54) is 11.3 Å². The summed E-state index contributed by atoms with van der Waals surface area (Å²) in [5, 5.41) is 1.88. The molecule has 1 spiro atoms. The van der Waals surface area contributed by atoms with Crippen molar-refractivity contribution in [3.63, 3.8) is 0 Å². The molecule has 0 atom stereocenters. The van der Waals surface area contributed by atoms with E-state index in [2.05, 4.69) is 15.9 Å². The summed E-state index contributed by atoms with van der Waals surface area (Å²) in [5.74, 6) is -0.476. The molecular formula is C12H14BrNO3S. The van der Waals surface area contributed by atoms with Crippen LogP contribution in [0.2, 0.25) is 0 Å². The molecule has 2 aliphatic rings. The van der Waals surface area contributed by atoms with Crippen molar-refractivity contribution >= 4 is 33.2 Å². The molecule has 1 aromatic rings. The minimum atomic E-state index is -0.541. The Kier molecular flexibility index (Phi) is 3.44. The Hall–Kier alpha value is -0.430. The molecule has 0 radical (unpaired) electrons. The van der Waals surface area contributed by atoms with Gasteiger partial charge in [-0.1, -0.05) is 0 Å². The first-order valence-electron chi connectivity index (χ1n) is 6.00. The summed E-state index contributed by atoms with van der Waals surface area (Å²) in [7, 11) is 0. The predicted octanol–water partition coefficient (Wildman–Crippen LogP) is 2.49. The largest absolute Gasteiger partial charge is 0.346 e. The zero-order valence-electron chi connectivity index (χ0n) is 9.86. The van der Waals surface area contributed by atoms with E-state index >= 15 is 0 Å². The van der Waals surface area contributed by atoms with Crippen molar-refractivity contribution in [1.29, 1.82) is 0 Å². The summed E-state index contributed by atoms with van der Waals surface area (Å²) in [4.78, 5) is 14.2. The lowest BCUT2D eigenvalue weighted by atomic mass is 10.0. The molecule has 0 bridgehead atoms.